The van der Waals surface area contributed by atoms with Crippen molar-refractivity contribution in [3.05, 3.63) is 124 Å². The molecule has 1 aliphatic heterocycles. The zero-order valence-corrected chi connectivity index (χ0v) is 26.6. The number of aromatic nitrogens is 1. The molecule has 7 nitrogen and oxygen atoms in total. The molecule has 1 aliphatic rings. The molecule has 1 atom stereocenters. The van der Waals surface area contributed by atoms with Gasteiger partial charge in [0.15, 0.2) is 16.3 Å². The molecule has 2 heterocycles. The highest BCUT2D eigenvalue weighted by Crippen LogP contribution is 2.35. The van der Waals surface area contributed by atoms with Gasteiger partial charge in [0.05, 0.1) is 35.1 Å². The van der Waals surface area contributed by atoms with Gasteiger partial charge < -0.3 is 14.2 Å². The van der Waals surface area contributed by atoms with E-state index in [1.54, 1.807) is 48.8 Å². The summed E-state index contributed by atoms with van der Waals surface area (Å²) in [4.78, 5) is 32.2. The van der Waals surface area contributed by atoms with Gasteiger partial charge in [-0.3, -0.25) is 9.36 Å². The molecule has 0 amide bonds. The van der Waals surface area contributed by atoms with Crippen molar-refractivity contribution in [2.75, 3.05) is 13.2 Å². The number of aryl methyl sites for hydroxylation is 1. The molecule has 0 saturated carbocycles. The zero-order chi connectivity index (χ0) is 30.7. The molecule has 0 N–H and O–H groups in total. The fourth-order valence-corrected chi connectivity index (χ4v) is 6.26. The number of hydrogen-bond acceptors (Lipinski definition) is 7. The van der Waals surface area contributed by atoms with Crippen molar-refractivity contribution in [3.8, 4) is 11.5 Å². The Morgan fingerprint density at radius 1 is 1.02 bits per heavy atom. The molecule has 5 rings (SSSR count). The average molecular weight is 666 g/mol. The van der Waals surface area contributed by atoms with E-state index in [9.17, 15) is 14.0 Å². The van der Waals surface area contributed by atoms with Crippen LogP contribution in [0.2, 0.25) is 0 Å². The standard InChI is InChI=1S/C33H30BrFN2O5S/c1-5-40-26-15-23(25(34)17-27(26)42-18-21-9-13-24(35)14-10-21)16-28-31(38)37-30(22-11-7-19(3)8-12-22)29(32(39)41-6-2)20(4)36-33(37)43-28/h7-17,30H,5-6,18H2,1-4H3/b28-16-/t30-/m1/s1. The molecule has 0 radical (unpaired) electrons. The normalized spacial score (nSPS) is 14.7. The molecule has 0 fully saturated rings. The SMILES string of the molecule is CCOC(=O)C1=C(C)N=c2s/c(=C\c3cc(OCC)c(OCc4ccc(F)cc4)cc3Br)c(=O)n2[C@@H]1c1ccc(C)cc1. The molecule has 0 aliphatic carbocycles. The van der Waals surface area contributed by atoms with Crippen LogP contribution in [-0.2, 0) is 16.1 Å². The van der Waals surface area contributed by atoms with Crippen molar-refractivity contribution in [2.45, 2.75) is 40.3 Å². The van der Waals surface area contributed by atoms with Crippen LogP contribution in [0.1, 0.15) is 49.1 Å². The first-order valence-electron chi connectivity index (χ1n) is 13.8. The summed E-state index contributed by atoms with van der Waals surface area (Å²) >= 11 is 4.87. The first-order valence-corrected chi connectivity index (χ1v) is 15.4. The number of rotatable bonds is 9. The molecular weight excluding hydrogens is 635 g/mol. The Labute approximate surface area is 260 Å². The number of ether oxygens (including phenoxy) is 3. The van der Waals surface area contributed by atoms with Crippen molar-refractivity contribution in [2.24, 2.45) is 4.99 Å². The Kier molecular flexibility index (Phi) is 9.27. The van der Waals surface area contributed by atoms with Crippen LogP contribution in [0.15, 0.2) is 86.2 Å². The second-order valence-electron chi connectivity index (χ2n) is 9.88. The van der Waals surface area contributed by atoms with E-state index in [0.717, 1.165) is 16.7 Å². The predicted molar refractivity (Wildman–Crippen MR) is 168 cm³/mol. The highest BCUT2D eigenvalue weighted by Gasteiger charge is 2.33. The Morgan fingerprint density at radius 3 is 2.40 bits per heavy atom. The second-order valence-corrected chi connectivity index (χ2v) is 11.7. The van der Waals surface area contributed by atoms with E-state index in [0.29, 0.717) is 48.7 Å². The maximum absolute atomic E-state index is 14.0. The molecule has 0 spiro atoms. The lowest BCUT2D eigenvalue weighted by Crippen LogP contribution is -2.39. The topological polar surface area (TPSA) is 79.1 Å². The summed E-state index contributed by atoms with van der Waals surface area (Å²) in [5, 5.41) is 0. The van der Waals surface area contributed by atoms with E-state index in [-0.39, 0.29) is 24.6 Å². The summed E-state index contributed by atoms with van der Waals surface area (Å²) in [6, 6.07) is 16.8. The first kappa shape index (κ1) is 30.4. The number of halogens is 2. The van der Waals surface area contributed by atoms with Gasteiger partial charge in [0.2, 0.25) is 0 Å². The van der Waals surface area contributed by atoms with Crippen LogP contribution in [0.25, 0.3) is 6.08 Å². The van der Waals surface area contributed by atoms with Gasteiger partial charge in [0.1, 0.15) is 12.4 Å². The Hall–Kier alpha value is -4.02. The molecule has 1 aromatic heterocycles. The third-order valence-corrected chi connectivity index (χ3v) is 8.54. The number of carbonyl (C=O) groups excluding carboxylic acids is 1. The summed E-state index contributed by atoms with van der Waals surface area (Å²) in [7, 11) is 0. The summed E-state index contributed by atoms with van der Waals surface area (Å²) in [6.07, 6.45) is 1.77. The minimum Gasteiger partial charge on any atom is -0.490 e. The third kappa shape index (κ3) is 6.50. The lowest BCUT2D eigenvalue weighted by atomic mass is 9.95. The van der Waals surface area contributed by atoms with Crippen LogP contribution in [0.5, 0.6) is 11.5 Å². The van der Waals surface area contributed by atoms with Gasteiger partial charge in [0, 0.05) is 4.47 Å². The highest BCUT2D eigenvalue weighted by atomic mass is 79.9. The summed E-state index contributed by atoms with van der Waals surface area (Å²) < 4.78 is 33.3. The van der Waals surface area contributed by atoms with Crippen molar-refractivity contribution in [1.29, 1.82) is 0 Å². The Balaban J connectivity index is 1.58. The first-order chi connectivity index (χ1) is 20.7. The largest absolute Gasteiger partial charge is 0.490 e. The highest BCUT2D eigenvalue weighted by molar-refractivity contribution is 9.10. The quantitative estimate of drug-likeness (QED) is 0.206. The molecule has 3 aromatic carbocycles. The number of fused-ring (bicyclic) bond motifs is 1. The van der Waals surface area contributed by atoms with Crippen molar-refractivity contribution >= 4 is 39.3 Å². The number of carbonyl (C=O) groups is 1. The zero-order valence-electron chi connectivity index (χ0n) is 24.1. The molecule has 10 heteroatoms. The van der Waals surface area contributed by atoms with Crippen LogP contribution < -0.4 is 24.4 Å². The van der Waals surface area contributed by atoms with Gasteiger partial charge in [-0.2, -0.15) is 0 Å². The summed E-state index contributed by atoms with van der Waals surface area (Å²) in [5.74, 6) is 0.202. The smallest absolute Gasteiger partial charge is 0.338 e. The fourth-order valence-electron chi connectivity index (χ4n) is 4.78. The van der Waals surface area contributed by atoms with Gasteiger partial charge in [-0.1, -0.05) is 69.2 Å². The maximum atomic E-state index is 14.0. The molecule has 222 valence electrons. The summed E-state index contributed by atoms with van der Waals surface area (Å²) in [6.45, 7) is 8.21. The number of benzene rings is 3. The van der Waals surface area contributed by atoms with E-state index in [1.165, 1.54) is 23.5 Å². The third-order valence-electron chi connectivity index (χ3n) is 6.87. The number of thiazole rings is 1. The van der Waals surface area contributed by atoms with Gasteiger partial charge in [-0.15, -0.1) is 0 Å². The van der Waals surface area contributed by atoms with Gasteiger partial charge >= 0.3 is 5.97 Å². The monoisotopic (exact) mass is 664 g/mol. The molecule has 0 bridgehead atoms. The van der Waals surface area contributed by atoms with Gasteiger partial charge in [0.25, 0.3) is 5.56 Å². The predicted octanol–water partition coefficient (Wildman–Crippen LogP) is 5.99. The maximum Gasteiger partial charge on any atom is 0.338 e. The Bertz CT molecular complexity index is 1880. The van der Waals surface area contributed by atoms with Gasteiger partial charge in [-0.05, 0) is 74.7 Å². The molecule has 0 saturated heterocycles. The van der Waals surface area contributed by atoms with Crippen molar-refractivity contribution < 1.29 is 23.4 Å². The number of hydrogen-bond donors (Lipinski definition) is 0. The van der Waals surface area contributed by atoms with Crippen molar-refractivity contribution in [3.63, 3.8) is 0 Å². The lowest BCUT2D eigenvalue weighted by Gasteiger charge is -2.24. The number of nitrogens with zero attached hydrogens (tertiary/aromatic N) is 2. The average Bonchev–Trinajstić information content (AvgIpc) is 3.28. The van der Waals surface area contributed by atoms with Crippen LogP contribution >= 0.6 is 27.3 Å². The van der Waals surface area contributed by atoms with E-state index in [2.05, 4.69) is 20.9 Å². The minimum absolute atomic E-state index is 0.209. The summed E-state index contributed by atoms with van der Waals surface area (Å²) in [5.41, 5.74) is 3.95. The Morgan fingerprint density at radius 2 is 1.72 bits per heavy atom. The van der Waals surface area contributed by atoms with E-state index in [1.807, 2.05) is 38.1 Å². The van der Waals surface area contributed by atoms with Crippen LogP contribution in [0.4, 0.5) is 4.39 Å². The minimum atomic E-state index is -0.678. The lowest BCUT2D eigenvalue weighted by molar-refractivity contribution is -0.139. The molecule has 4 aromatic rings. The van der Waals surface area contributed by atoms with Crippen molar-refractivity contribution in [1.82, 2.24) is 4.57 Å². The molecule has 43 heavy (non-hydrogen) atoms. The van der Waals surface area contributed by atoms with Crippen LogP contribution in [-0.4, -0.2) is 23.8 Å². The number of esters is 1. The van der Waals surface area contributed by atoms with E-state index >= 15 is 0 Å². The molecular formula is C33H30BrFN2O5S. The number of allylic oxidation sites excluding steroid dienone is 1. The van der Waals surface area contributed by atoms with E-state index in [4.69, 9.17) is 14.2 Å². The van der Waals surface area contributed by atoms with E-state index < -0.39 is 12.0 Å². The second kappa shape index (κ2) is 13.1. The molecule has 0 unspecified atom stereocenters. The fraction of sp³-hybridized carbons (Fsp3) is 0.242. The van der Waals surface area contributed by atoms with Gasteiger partial charge in [-0.25, -0.2) is 14.2 Å². The van der Waals surface area contributed by atoms with Crippen LogP contribution in [0.3, 0.4) is 0 Å². The van der Waals surface area contributed by atoms with Crippen LogP contribution in [0, 0.1) is 12.7 Å².